The number of allylic oxidation sites excluding steroid dienone is 2. The summed E-state index contributed by atoms with van der Waals surface area (Å²) in [5.41, 5.74) is 2.48. The van der Waals surface area contributed by atoms with Crippen molar-refractivity contribution in [1.82, 2.24) is 10.2 Å². The van der Waals surface area contributed by atoms with Gasteiger partial charge in [-0.1, -0.05) is 72.0 Å². The third-order valence-electron chi connectivity index (χ3n) is 4.78. The summed E-state index contributed by atoms with van der Waals surface area (Å²) in [7, 11) is 4.97. The van der Waals surface area contributed by atoms with E-state index in [0.717, 1.165) is 19.4 Å². The molecule has 0 fully saturated rings. The maximum absolute atomic E-state index is 4.19. The third-order valence-corrected chi connectivity index (χ3v) is 5.23. The van der Waals surface area contributed by atoms with Gasteiger partial charge in [-0.05, 0) is 38.5 Å². The summed E-state index contributed by atoms with van der Waals surface area (Å²) in [6.45, 7) is 16.0. The van der Waals surface area contributed by atoms with Gasteiger partial charge in [0.2, 0.25) is 0 Å². The van der Waals surface area contributed by atoms with Crippen LogP contribution in [0.3, 0.4) is 0 Å². The average Bonchev–Trinajstić information content (AvgIpc) is 2.54. The van der Waals surface area contributed by atoms with Crippen molar-refractivity contribution in [3.8, 4) is 0 Å². The zero-order chi connectivity index (χ0) is 19.1. The van der Waals surface area contributed by atoms with E-state index >= 15 is 0 Å². The molecule has 2 nitrogen and oxygen atoms in total. The number of nitrogens with zero attached hydrogens (tertiary/aromatic N) is 1. The van der Waals surface area contributed by atoms with Gasteiger partial charge in [0, 0.05) is 30.8 Å². The molecule has 25 heavy (non-hydrogen) atoms. The molecular weight excluding hydrogens is 323 g/mol. The fourth-order valence-electron chi connectivity index (χ4n) is 2.99. The molecular formula is C22H45N2P. The first-order valence-electron chi connectivity index (χ1n) is 10.4. The predicted octanol–water partition coefficient (Wildman–Crippen LogP) is 6.70. The Kier molecular flexibility index (Phi) is 15.4. The van der Waals surface area contributed by atoms with Crippen LogP contribution < -0.4 is 5.32 Å². The number of rotatable bonds is 17. The number of unbranched alkanes of at least 4 members (excludes halogenated alkanes) is 8. The Morgan fingerprint density at radius 3 is 1.84 bits per heavy atom. The molecule has 0 aromatic rings. The zero-order valence-electron chi connectivity index (χ0n) is 17.6. The van der Waals surface area contributed by atoms with E-state index in [4.69, 9.17) is 0 Å². The fraction of sp³-hybridized carbons (Fsp3) is 0.818. The summed E-state index contributed by atoms with van der Waals surface area (Å²) in [6.07, 6.45) is 14.4. The molecule has 0 amide bonds. The topological polar surface area (TPSA) is 15.3 Å². The molecule has 0 heterocycles. The Morgan fingerprint density at radius 2 is 1.36 bits per heavy atom. The van der Waals surface area contributed by atoms with E-state index in [1.54, 1.807) is 0 Å². The smallest absolute Gasteiger partial charge is 0.0396 e. The zero-order valence-corrected chi connectivity index (χ0v) is 18.7. The Morgan fingerprint density at radius 1 is 0.880 bits per heavy atom. The summed E-state index contributed by atoms with van der Waals surface area (Å²) >= 11 is 0. The highest BCUT2D eigenvalue weighted by Gasteiger charge is 2.05. The van der Waals surface area contributed by atoms with Gasteiger partial charge < -0.3 is 10.2 Å². The minimum absolute atomic E-state index is 0.482. The van der Waals surface area contributed by atoms with Crippen LogP contribution in [0.15, 0.2) is 24.6 Å². The van der Waals surface area contributed by atoms with E-state index in [9.17, 15) is 0 Å². The highest BCUT2D eigenvalue weighted by molar-refractivity contribution is 7.17. The van der Waals surface area contributed by atoms with Crippen molar-refractivity contribution in [3.05, 3.63) is 24.6 Å². The maximum Gasteiger partial charge on any atom is 0.0396 e. The second-order valence-corrected chi connectivity index (χ2v) is 8.94. The van der Waals surface area contributed by atoms with Crippen LogP contribution in [-0.4, -0.2) is 24.3 Å². The van der Waals surface area contributed by atoms with Gasteiger partial charge in [0.15, 0.2) is 0 Å². The van der Waals surface area contributed by atoms with Gasteiger partial charge >= 0.3 is 0 Å². The van der Waals surface area contributed by atoms with Crippen LogP contribution in [-0.2, 0) is 0 Å². The Labute approximate surface area is 161 Å². The molecule has 0 aromatic carbocycles. The van der Waals surface area contributed by atoms with Gasteiger partial charge in [0.1, 0.15) is 0 Å². The van der Waals surface area contributed by atoms with Gasteiger partial charge in [0.25, 0.3) is 0 Å². The second-order valence-electron chi connectivity index (χ2n) is 7.98. The molecule has 3 heteroatoms. The van der Waals surface area contributed by atoms with E-state index in [1.807, 2.05) is 0 Å². The quantitative estimate of drug-likeness (QED) is 0.227. The lowest BCUT2D eigenvalue weighted by Gasteiger charge is -2.25. The molecule has 0 aliphatic heterocycles. The maximum atomic E-state index is 4.19. The van der Waals surface area contributed by atoms with E-state index in [2.05, 4.69) is 60.4 Å². The lowest BCUT2D eigenvalue weighted by molar-refractivity contribution is 0.390. The highest BCUT2D eigenvalue weighted by atomic mass is 31.0. The van der Waals surface area contributed by atoms with E-state index in [0.29, 0.717) is 11.7 Å². The van der Waals surface area contributed by atoms with Crippen LogP contribution in [0.4, 0.5) is 0 Å². The van der Waals surface area contributed by atoms with Crippen LogP contribution in [0, 0.1) is 5.92 Å². The van der Waals surface area contributed by atoms with Crippen molar-refractivity contribution in [2.24, 2.45) is 5.92 Å². The average molecular weight is 369 g/mol. The van der Waals surface area contributed by atoms with Gasteiger partial charge in [-0.25, -0.2) is 0 Å². The van der Waals surface area contributed by atoms with Crippen LogP contribution in [0.5, 0.6) is 0 Å². The summed E-state index contributed by atoms with van der Waals surface area (Å²) in [4.78, 5) is 2.26. The highest BCUT2D eigenvalue weighted by Crippen LogP contribution is 2.17. The fourth-order valence-corrected chi connectivity index (χ4v) is 3.20. The largest absolute Gasteiger partial charge is 0.389 e. The number of hydrogen-bond donors (Lipinski definition) is 1. The van der Waals surface area contributed by atoms with Crippen LogP contribution >= 0.6 is 9.24 Å². The minimum Gasteiger partial charge on any atom is -0.389 e. The summed E-state index contributed by atoms with van der Waals surface area (Å²) in [6, 6.07) is 0. The van der Waals surface area contributed by atoms with Crippen molar-refractivity contribution in [2.75, 3.05) is 13.6 Å². The summed E-state index contributed by atoms with van der Waals surface area (Å²) in [5, 5.41) is 3.46. The SMILES string of the molecule is C=C(CC(C)C)NCCCCCCCCCCCC(=C)N(C)C(C)P. The summed E-state index contributed by atoms with van der Waals surface area (Å²) in [5.74, 6) is 1.18. The van der Waals surface area contributed by atoms with Crippen molar-refractivity contribution >= 4 is 9.24 Å². The number of nitrogens with one attached hydrogen (secondary N) is 1. The van der Waals surface area contributed by atoms with E-state index in [-0.39, 0.29) is 0 Å². The molecule has 2 atom stereocenters. The Balaban J connectivity index is 3.29. The molecule has 0 bridgehead atoms. The van der Waals surface area contributed by atoms with Crippen LogP contribution in [0.25, 0.3) is 0 Å². The lowest BCUT2D eigenvalue weighted by atomic mass is 10.1. The molecule has 0 aliphatic carbocycles. The summed E-state index contributed by atoms with van der Waals surface area (Å²) < 4.78 is 0. The number of hydrogen-bond acceptors (Lipinski definition) is 2. The Bertz CT molecular complexity index is 350. The predicted molar refractivity (Wildman–Crippen MR) is 119 cm³/mol. The van der Waals surface area contributed by atoms with Crippen molar-refractivity contribution < 1.29 is 0 Å². The van der Waals surface area contributed by atoms with Gasteiger partial charge in [-0.3, -0.25) is 0 Å². The molecule has 0 radical (unpaired) electrons. The normalized spacial score (nSPS) is 12.2. The van der Waals surface area contributed by atoms with E-state index < -0.39 is 0 Å². The molecule has 0 aliphatic rings. The van der Waals surface area contributed by atoms with Gasteiger partial charge in [0.05, 0.1) is 0 Å². The molecule has 0 saturated heterocycles. The van der Waals surface area contributed by atoms with Crippen LogP contribution in [0.2, 0.25) is 0 Å². The third kappa shape index (κ3) is 15.5. The van der Waals surface area contributed by atoms with Gasteiger partial charge in [-0.2, -0.15) is 0 Å². The monoisotopic (exact) mass is 368 g/mol. The lowest BCUT2D eigenvalue weighted by Crippen LogP contribution is -2.22. The van der Waals surface area contributed by atoms with Crippen molar-refractivity contribution in [1.29, 1.82) is 0 Å². The molecule has 1 N–H and O–H groups in total. The van der Waals surface area contributed by atoms with Crippen molar-refractivity contribution in [3.63, 3.8) is 0 Å². The molecule has 2 unspecified atom stereocenters. The Hall–Kier alpha value is -0.490. The molecule has 0 rings (SSSR count). The molecule has 0 spiro atoms. The standard InChI is InChI=1S/C22H45N2P/c1-19(2)18-20(3)23-17-15-13-11-9-7-8-10-12-14-16-21(4)24(6)22(5)25/h19,22-23H,3-4,7-18,25H2,1-2,5-6H3. The van der Waals surface area contributed by atoms with Crippen molar-refractivity contribution in [2.45, 2.75) is 97.2 Å². The van der Waals surface area contributed by atoms with Crippen LogP contribution in [0.1, 0.15) is 91.4 Å². The molecule has 0 aromatic heterocycles. The molecule has 148 valence electrons. The molecule has 0 saturated carbocycles. The first kappa shape index (κ1) is 24.5. The van der Waals surface area contributed by atoms with Gasteiger partial charge in [-0.15, -0.1) is 9.24 Å². The van der Waals surface area contributed by atoms with E-state index in [1.165, 1.54) is 69.2 Å². The first-order chi connectivity index (χ1) is 11.8. The first-order valence-corrected chi connectivity index (χ1v) is 11.1. The minimum atomic E-state index is 0.482. The second kappa shape index (κ2) is 15.7.